The molecule has 8 heavy (non-hydrogen) atoms. The summed E-state index contributed by atoms with van der Waals surface area (Å²) in [6, 6.07) is 0. The van der Waals surface area contributed by atoms with Gasteiger partial charge in [0.25, 0.3) is 0 Å². The molecule has 0 aliphatic carbocycles. The second-order valence-corrected chi connectivity index (χ2v) is 1.50. The molecule has 0 atom stereocenters. The van der Waals surface area contributed by atoms with E-state index in [0.717, 1.165) is 0 Å². The maximum absolute atomic E-state index is 8.58. The van der Waals surface area contributed by atoms with Crippen molar-refractivity contribution in [3.05, 3.63) is 0 Å². The Balaban J connectivity index is -0.0000000267. The Morgan fingerprint density at radius 2 is 0.875 bits per heavy atom. The molecule has 0 spiro atoms. The van der Waals surface area contributed by atoms with Crippen molar-refractivity contribution in [3.8, 4) is 0 Å². The molecule has 0 aromatic carbocycles. The molecule has 0 aromatic rings. The van der Waals surface area contributed by atoms with E-state index in [4.69, 9.17) is 19.2 Å². The van der Waals surface area contributed by atoms with Crippen LogP contribution < -0.4 is 70.6 Å². The minimum absolute atomic E-state index is 0. The van der Waals surface area contributed by atoms with Crippen molar-refractivity contribution in [3.63, 3.8) is 0 Å². The maximum atomic E-state index is 8.58. The summed E-state index contributed by atoms with van der Waals surface area (Å²) in [6.45, 7) is 0. The molecule has 0 saturated heterocycles. The van der Waals surface area contributed by atoms with E-state index in [9.17, 15) is 0 Å². The first-order chi connectivity index (χ1) is 2.00. The van der Waals surface area contributed by atoms with Gasteiger partial charge in [-0.25, -0.2) is 0 Å². The molecule has 0 heterocycles. The van der Waals surface area contributed by atoms with E-state index in [1.165, 1.54) is 0 Å². The molecule has 4 nitrogen and oxygen atoms in total. The molecule has 0 unspecified atom stereocenters. The average molecular weight is 172 g/mol. The van der Waals surface area contributed by atoms with Crippen LogP contribution in [0, 0.1) is 0 Å². The first-order valence-corrected chi connectivity index (χ1v) is 2.45. The third-order valence-electron chi connectivity index (χ3n) is 0. The van der Waals surface area contributed by atoms with Crippen LogP contribution in [0.25, 0.3) is 0 Å². The Labute approximate surface area is 104 Å². The molecule has 0 aromatic heterocycles. The monoisotopic (exact) mass is 172 g/mol. The third kappa shape index (κ3) is 84.0. The van der Waals surface area contributed by atoms with Crippen LogP contribution in [-0.4, -0.2) is 34.8 Å². The quantitative estimate of drug-likeness (QED) is 0.339. The summed E-state index contributed by atoms with van der Waals surface area (Å²) in [5, 5.41) is 0. The third-order valence-corrected chi connectivity index (χ3v) is 0. The van der Waals surface area contributed by atoms with E-state index in [2.05, 4.69) is 0 Å². The molecule has 0 rings (SSSR count). The second-order valence-electron chi connectivity index (χ2n) is 0.500. The van der Waals surface area contributed by atoms with Gasteiger partial charge >= 0.3 is 68.7 Å². The van der Waals surface area contributed by atoms with E-state index in [1.54, 1.807) is 0 Å². The molecule has 0 radical (unpaired) electrons. The summed E-state index contributed by atoms with van der Waals surface area (Å²) >= 11 is 0. The van der Waals surface area contributed by atoms with Gasteiger partial charge in [0, 0.05) is 0 Å². The summed E-state index contributed by atoms with van der Waals surface area (Å²) in [5.41, 5.74) is 0. The fraction of sp³-hybridized carbons (Fsp3) is 0. The van der Waals surface area contributed by atoms with Crippen LogP contribution in [0.5, 0.6) is 0 Å². The predicted molar refractivity (Wildman–Crippen MR) is 21.4 cm³/mol. The van der Waals surface area contributed by atoms with E-state index >= 15 is 0 Å². The van der Waals surface area contributed by atoms with Crippen molar-refractivity contribution in [2.75, 3.05) is 0 Å². The second kappa shape index (κ2) is 9.29. The smallest absolute Gasteiger partial charge is 0.894 e. The Morgan fingerprint density at radius 3 is 0.875 bits per heavy atom. The fourth-order valence-electron chi connectivity index (χ4n) is 0. The normalized spacial score (nSPS) is 7.50. The Kier molecular flexibility index (Phi) is 26.1. The summed E-state index contributed by atoms with van der Waals surface area (Å²) in [7, 11) is -5.61. The van der Waals surface area contributed by atoms with Gasteiger partial charge in [0.05, 0.1) is 8.41 Å². The van der Waals surface area contributed by atoms with Gasteiger partial charge < -0.3 is 28.2 Å². The standard InChI is InChI=1S/Al.BH3.K.O4Si/c;;;1-5(2,3)4/h;1H3;;/q+3;;+1;-4. The molecule has 0 aliphatic rings. The van der Waals surface area contributed by atoms with E-state index in [0.29, 0.717) is 0 Å². The fourth-order valence-corrected chi connectivity index (χ4v) is 0. The van der Waals surface area contributed by atoms with Crippen LogP contribution in [0.15, 0.2) is 0 Å². The summed E-state index contributed by atoms with van der Waals surface area (Å²) in [4.78, 5) is 34.3. The number of rotatable bonds is 0. The zero-order valence-electron chi connectivity index (χ0n) is 3.71. The molecule has 0 bridgehead atoms. The zero-order chi connectivity index (χ0) is 4.50. The molecular weight excluding hydrogens is 169 g/mol. The Morgan fingerprint density at radius 1 is 0.875 bits per heavy atom. The van der Waals surface area contributed by atoms with Crippen LogP contribution in [0.1, 0.15) is 0 Å². The molecule has 0 aliphatic heterocycles. The Bertz CT molecular complexity index is 31.5. The minimum Gasteiger partial charge on any atom is -0.894 e. The van der Waals surface area contributed by atoms with Gasteiger partial charge in [0.1, 0.15) is 0 Å². The van der Waals surface area contributed by atoms with Crippen molar-refractivity contribution in [2.24, 2.45) is 0 Å². The van der Waals surface area contributed by atoms with Crippen molar-refractivity contribution < 1.29 is 70.6 Å². The number of hydrogen-bond acceptors (Lipinski definition) is 4. The molecule has 38 valence electrons. The predicted octanol–water partition coefficient (Wildman–Crippen LogP) is -9.70. The molecular formula is H3AlBKO4Si. The van der Waals surface area contributed by atoms with Gasteiger partial charge in [0.2, 0.25) is 0 Å². The van der Waals surface area contributed by atoms with Crippen LogP contribution in [-0.2, 0) is 0 Å². The summed E-state index contributed by atoms with van der Waals surface area (Å²) < 4.78 is 0. The average Bonchev–Trinajstić information content (AvgIpc) is 0.722. The van der Waals surface area contributed by atoms with Gasteiger partial charge in [0.15, 0.2) is 0 Å². The van der Waals surface area contributed by atoms with Gasteiger partial charge in [-0.05, 0) is 0 Å². The largest absolute Gasteiger partial charge is 3.00 e. The van der Waals surface area contributed by atoms with Crippen LogP contribution in [0.4, 0.5) is 0 Å². The molecule has 0 N–H and O–H groups in total. The van der Waals surface area contributed by atoms with E-state index in [1.807, 2.05) is 0 Å². The topological polar surface area (TPSA) is 92.2 Å². The van der Waals surface area contributed by atoms with E-state index < -0.39 is 9.05 Å². The van der Waals surface area contributed by atoms with Crippen LogP contribution >= 0.6 is 0 Å². The summed E-state index contributed by atoms with van der Waals surface area (Å²) in [5.74, 6) is 0. The van der Waals surface area contributed by atoms with Gasteiger partial charge in [-0.3, -0.25) is 0 Å². The van der Waals surface area contributed by atoms with E-state index in [-0.39, 0.29) is 77.2 Å². The maximum Gasteiger partial charge on any atom is 3.00 e. The molecule has 0 fully saturated rings. The van der Waals surface area contributed by atoms with Gasteiger partial charge in [-0.1, -0.05) is 0 Å². The first kappa shape index (κ1) is 22.4. The van der Waals surface area contributed by atoms with Crippen molar-refractivity contribution in [2.45, 2.75) is 0 Å². The van der Waals surface area contributed by atoms with Crippen molar-refractivity contribution in [1.29, 1.82) is 0 Å². The first-order valence-electron chi connectivity index (χ1n) is 0.816. The number of hydrogen-bond donors (Lipinski definition) is 0. The SMILES string of the molecule is B.[Al+3].[K+].[O-][Si]([O-])([O-])[O-]. The molecule has 0 saturated carbocycles. The van der Waals surface area contributed by atoms with Crippen LogP contribution in [0.2, 0.25) is 0 Å². The minimum atomic E-state index is -5.61. The van der Waals surface area contributed by atoms with Crippen molar-refractivity contribution >= 4 is 34.8 Å². The van der Waals surface area contributed by atoms with Gasteiger partial charge in [-0.2, -0.15) is 0 Å². The molecule has 8 heteroatoms. The van der Waals surface area contributed by atoms with Crippen LogP contribution in [0.3, 0.4) is 0 Å². The zero-order valence-corrected chi connectivity index (χ0v) is 8.99. The van der Waals surface area contributed by atoms with Crippen molar-refractivity contribution in [1.82, 2.24) is 0 Å². The molecule has 0 amide bonds. The Hall–Kier alpha value is 2.29. The summed E-state index contributed by atoms with van der Waals surface area (Å²) in [6.07, 6.45) is 0. The van der Waals surface area contributed by atoms with Gasteiger partial charge in [-0.15, -0.1) is 0 Å².